The molecule has 40 heavy (non-hydrogen) atoms. The van der Waals surface area contributed by atoms with Crippen LogP contribution in [-0.4, -0.2) is 33.9 Å². The van der Waals surface area contributed by atoms with Crippen molar-refractivity contribution >= 4 is 44.5 Å². The fourth-order valence-electron chi connectivity index (χ4n) is 4.58. The lowest BCUT2D eigenvalue weighted by atomic mass is 9.98. The quantitative estimate of drug-likeness (QED) is 0.204. The Bertz CT molecular complexity index is 1710. The van der Waals surface area contributed by atoms with E-state index in [9.17, 15) is 14.0 Å². The Morgan fingerprint density at radius 3 is 2.60 bits per heavy atom. The first-order valence-electron chi connectivity index (χ1n) is 12.4. The molecule has 1 aliphatic heterocycles. The molecule has 200 valence electrons. The molecule has 0 saturated heterocycles. The van der Waals surface area contributed by atoms with Crippen molar-refractivity contribution in [3.05, 3.63) is 108 Å². The first kappa shape index (κ1) is 26.0. The van der Waals surface area contributed by atoms with Crippen molar-refractivity contribution in [1.82, 2.24) is 20.2 Å². The van der Waals surface area contributed by atoms with Gasteiger partial charge in [0.2, 0.25) is 0 Å². The van der Waals surface area contributed by atoms with Crippen LogP contribution in [0.5, 0.6) is 5.75 Å². The molecule has 0 spiro atoms. The largest absolute Gasteiger partial charge is 0.415 e. The molecule has 1 aliphatic rings. The minimum atomic E-state index is -0.460. The van der Waals surface area contributed by atoms with Gasteiger partial charge in [-0.25, -0.2) is 14.2 Å². The number of halogens is 1. The highest BCUT2D eigenvalue weighted by molar-refractivity contribution is 8.76. The lowest BCUT2D eigenvalue weighted by molar-refractivity contribution is 0.0949. The van der Waals surface area contributed by atoms with Crippen LogP contribution < -0.4 is 10.1 Å². The zero-order chi connectivity index (χ0) is 27.6. The highest BCUT2D eigenvalue weighted by Gasteiger charge is 2.25. The van der Waals surface area contributed by atoms with Gasteiger partial charge >= 0.3 is 6.09 Å². The summed E-state index contributed by atoms with van der Waals surface area (Å²) in [7, 11) is 4.83. The van der Waals surface area contributed by atoms with E-state index in [1.807, 2.05) is 54.6 Å². The number of nitrogens with one attached hydrogen (secondary N) is 2. The lowest BCUT2D eigenvalue weighted by Gasteiger charge is -2.17. The second-order valence-electron chi connectivity index (χ2n) is 9.26. The van der Waals surface area contributed by atoms with E-state index in [0.29, 0.717) is 29.9 Å². The number of aromatic amines is 1. The third-order valence-corrected chi connectivity index (χ3v) is 8.80. The zero-order valence-electron chi connectivity index (χ0n) is 21.3. The molecule has 5 aromatic rings. The number of benzene rings is 3. The number of H-pyrrole nitrogens is 1. The van der Waals surface area contributed by atoms with Crippen molar-refractivity contribution in [2.45, 2.75) is 23.0 Å². The van der Waals surface area contributed by atoms with Gasteiger partial charge in [-0.1, -0.05) is 41.1 Å². The fraction of sp³-hybridized carbons (Fsp3) is 0.100. The molecule has 0 atom stereocenters. The molecule has 7 nitrogen and oxygen atoms in total. The van der Waals surface area contributed by atoms with Crippen LogP contribution in [0.15, 0.2) is 95.0 Å². The second kappa shape index (κ2) is 11.1. The van der Waals surface area contributed by atoms with E-state index in [1.54, 1.807) is 47.0 Å². The predicted molar refractivity (Wildman–Crippen MR) is 155 cm³/mol. The highest BCUT2D eigenvalue weighted by Crippen LogP contribution is 2.37. The molecular formula is C30H23FN4O3S2. The van der Waals surface area contributed by atoms with Crippen LogP contribution in [0.2, 0.25) is 0 Å². The molecule has 3 aromatic carbocycles. The summed E-state index contributed by atoms with van der Waals surface area (Å²) in [5.41, 5.74) is 4.53. The Balaban J connectivity index is 1.09. The minimum absolute atomic E-state index is 0.276. The average molecular weight is 571 g/mol. The molecule has 0 radical (unpaired) electrons. The first-order valence-corrected chi connectivity index (χ1v) is 14.6. The second-order valence-corrected chi connectivity index (χ2v) is 11.5. The fourth-order valence-corrected chi connectivity index (χ4v) is 6.42. The van der Waals surface area contributed by atoms with E-state index >= 15 is 0 Å². The molecule has 0 aliphatic carbocycles. The highest BCUT2D eigenvalue weighted by atomic mass is 33.1. The SMILES string of the molecule is CN(Cc1ccc(-c2[nH]c3cc(F)cc4c3c2CNC4=O)cc1)C(=O)Oc1ccc(SSc2ccccn2)cc1. The van der Waals surface area contributed by atoms with Gasteiger partial charge in [0, 0.05) is 47.7 Å². The van der Waals surface area contributed by atoms with Gasteiger partial charge in [0.15, 0.2) is 0 Å². The van der Waals surface area contributed by atoms with E-state index in [0.717, 1.165) is 37.7 Å². The Morgan fingerprint density at radius 1 is 1.05 bits per heavy atom. The van der Waals surface area contributed by atoms with Gasteiger partial charge in [0.05, 0.1) is 11.3 Å². The van der Waals surface area contributed by atoms with Crippen molar-refractivity contribution in [3.63, 3.8) is 0 Å². The summed E-state index contributed by atoms with van der Waals surface area (Å²) in [5.74, 6) is -0.268. The van der Waals surface area contributed by atoms with Gasteiger partial charge in [-0.15, -0.1) is 0 Å². The number of rotatable bonds is 7. The maximum atomic E-state index is 14.1. The number of aromatic nitrogens is 2. The molecule has 2 N–H and O–H groups in total. The van der Waals surface area contributed by atoms with E-state index in [2.05, 4.69) is 15.3 Å². The Morgan fingerprint density at radius 2 is 1.85 bits per heavy atom. The minimum Gasteiger partial charge on any atom is -0.410 e. The van der Waals surface area contributed by atoms with Crippen molar-refractivity contribution < 1.29 is 18.7 Å². The van der Waals surface area contributed by atoms with Gasteiger partial charge in [0.25, 0.3) is 5.91 Å². The van der Waals surface area contributed by atoms with Crippen LogP contribution in [0.3, 0.4) is 0 Å². The zero-order valence-corrected chi connectivity index (χ0v) is 22.9. The first-order chi connectivity index (χ1) is 19.4. The number of nitrogens with zero attached hydrogens (tertiary/aromatic N) is 2. The van der Waals surface area contributed by atoms with Gasteiger partial charge in [0.1, 0.15) is 16.6 Å². The molecule has 0 unspecified atom stereocenters. The summed E-state index contributed by atoms with van der Waals surface area (Å²) < 4.78 is 19.6. The van der Waals surface area contributed by atoms with Crippen molar-refractivity contribution in [2.24, 2.45) is 0 Å². The van der Waals surface area contributed by atoms with E-state index < -0.39 is 11.9 Å². The molecule has 0 bridgehead atoms. The monoisotopic (exact) mass is 570 g/mol. The van der Waals surface area contributed by atoms with Crippen molar-refractivity contribution in [1.29, 1.82) is 0 Å². The number of hydrogen-bond donors (Lipinski definition) is 2. The van der Waals surface area contributed by atoms with Crippen molar-refractivity contribution in [2.75, 3.05) is 7.05 Å². The van der Waals surface area contributed by atoms with Crippen LogP contribution in [-0.2, 0) is 13.1 Å². The Hall–Kier alpha value is -4.28. The maximum absolute atomic E-state index is 14.1. The van der Waals surface area contributed by atoms with Gasteiger partial charge in [-0.2, -0.15) is 0 Å². The van der Waals surface area contributed by atoms with Gasteiger partial charge < -0.3 is 19.9 Å². The molecule has 0 fully saturated rings. The number of amides is 2. The Kier molecular flexibility index (Phi) is 7.19. The predicted octanol–water partition coefficient (Wildman–Crippen LogP) is 7.04. The van der Waals surface area contributed by atoms with Crippen LogP contribution in [0, 0.1) is 5.82 Å². The molecule has 2 amide bonds. The van der Waals surface area contributed by atoms with Crippen LogP contribution in [0.4, 0.5) is 9.18 Å². The van der Waals surface area contributed by atoms with E-state index in [-0.39, 0.29) is 5.91 Å². The summed E-state index contributed by atoms with van der Waals surface area (Å²) in [6, 6.07) is 23.6. The average Bonchev–Trinajstić information content (AvgIpc) is 3.34. The molecule has 0 saturated carbocycles. The summed E-state index contributed by atoms with van der Waals surface area (Å²) in [5, 5.41) is 4.50. The number of hydrogen-bond acceptors (Lipinski definition) is 6. The van der Waals surface area contributed by atoms with Crippen LogP contribution >= 0.6 is 21.6 Å². The van der Waals surface area contributed by atoms with E-state index in [4.69, 9.17) is 4.74 Å². The number of pyridine rings is 1. The third-order valence-electron chi connectivity index (χ3n) is 6.50. The molecule has 3 heterocycles. The molecular weight excluding hydrogens is 547 g/mol. The summed E-state index contributed by atoms with van der Waals surface area (Å²) in [6.07, 6.45) is 1.30. The topological polar surface area (TPSA) is 87.3 Å². The normalized spacial score (nSPS) is 12.3. The lowest BCUT2D eigenvalue weighted by Crippen LogP contribution is -2.29. The van der Waals surface area contributed by atoms with Crippen LogP contribution in [0.25, 0.3) is 22.2 Å². The molecule has 6 rings (SSSR count). The summed E-state index contributed by atoms with van der Waals surface area (Å²) >= 11 is 0. The van der Waals surface area contributed by atoms with E-state index in [1.165, 1.54) is 17.0 Å². The Labute approximate surface area is 237 Å². The summed E-state index contributed by atoms with van der Waals surface area (Å²) in [4.78, 5) is 35.0. The van der Waals surface area contributed by atoms with Crippen molar-refractivity contribution in [3.8, 4) is 17.0 Å². The smallest absolute Gasteiger partial charge is 0.410 e. The van der Waals surface area contributed by atoms with Crippen LogP contribution in [0.1, 0.15) is 21.5 Å². The maximum Gasteiger partial charge on any atom is 0.415 e. The molecule has 2 aromatic heterocycles. The third kappa shape index (κ3) is 5.41. The molecule has 10 heteroatoms. The number of carbonyl (C=O) groups excluding carboxylic acids is 2. The van der Waals surface area contributed by atoms with Gasteiger partial charge in [-0.05, 0) is 70.5 Å². The summed E-state index contributed by atoms with van der Waals surface area (Å²) in [6.45, 7) is 0.727. The number of carbonyl (C=O) groups is 2. The standard InChI is InChI=1S/C30H23FN4O3S2/c1-35(30(37)38-21-9-11-22(12-10-21)39-40-26-4-2-3-13-32-26)17-18-5-7-19(8-6-18)28-24-16-33-29(36)23-14-20(31)15-25(34-28)27(23)24/h2-15,34H,16-17H2,1H3,(H,33,36). The number of ether oxygens (including phenoxy) is 1. The van der Waals surface area contributed by atoms with Gasteiger partial charge in [-0.3, -0.25) is 4.79 Å².